The zero-order valence-electron chi connectivity index (χ0n) is 17.7. The van der Waals surface area contributed by atoms with Crippen LogP contribution in [0.15, 0.2) is 24.4 Å². The van der Waals surface area contributed by atoms with Crippen LogP contribution in [0.25, 0.3) is 10.9 Å². The maximum Gasteiger partial charge on any atom is 0.264 e. The van der Waals surface area contributed by atoms with Crippen molar-refractivity contribution < 1.29 is 28.6 Å². The van der Waals surface area contributed by atoms with Crippen LogP contribution in [0.1, 0.15) is 31.7 Å². The summed E-state index contributed by atoms with van der Waals surface area (Å²) < 4.78 is 23.9. The van der Waals surface area contributed by atoms with Gasteiger partial charge in [-0.2, -0.15) is 5.10 Å². The largest absolute Gasteiger partial charge is 0.390 e. The Bertz CT molecular complexity index is 1240. The highest BCUT2D eigenvalue weighted by molar-refractivity contribution is 7.92. The van der Waals surface area contributed by atoms with Gasteiger partial charge in [-0.05, 0) is 56.2 Å². The molecule has 10 heteroatoms. The van der Waals surface area contributed by atoms with Gasteiger partial charge in [0.05, 0.1) is 17.7 Å². The topological polar surface area (TPSA) is 142 Å². The molecule has 170 valence electrons. The zero-order chi connectivity index (χ0) is 23.5. The molecule has 0 bridgehead atoms. The summed E-state index contributed by atoms with van der Waals surface area (Å²) in [5, 5.41) is 33.2. The van der Waals surface area contributed by atoms with Crippen LogP contribution < -0.4 is 5.48 Å². The van der Waals surface area contributed by atoms with Gasteiger partial charge in [-0.3, -0.25) is 14.7 Å². The molecule has 0 radical (unpaired) electrons. The van der Waals surface area contributed by atoms with E-state index in [0.29, 0.717) is 18.4 Å². The van der Waals surface area contributed by atoms with E-state index in [9.17, 15) is 23.4 Å². The van der Waals surface area contributed by atoms with Gasteiger partial charge in [0.15, 0.2) is 14.6 Å². The molecule has 1 aromatic heterocycles. The van der Waals surface area contributed by atoms with Gasteiger partial charge in [-0.15, -0.1) is 0 Å². The first kappa shape index (κ1) is 23.8. The third kappa shape index (κ3) is 5.12. The molecule has 0 aliphatic heterocycles. The highest BCUT2D eigenvalue weighted by atomic mass is 32.2. The van der Waals surface area contributed by atoms with Crippen LogP contribution >= 0.6 is 0 Å². The van der Waals surface area contributed by atoms with Crippen molar-refractivity contribution >= 4 is 26.6 Å². The second-order valence-electron chi connectivity index (χ2n) is 8.18. The second kappa shape index (κ2) is 9.31. The van der Waals surface area contributed by atoms with Crippen molar-refractivity contribution in [1.82, 2.24) is 15.3 Å². The van der Waals surface area contributed by atoms with Crippen LogP contribution in [0.4, 0.5) is 0 Å². The van der Waals surface area contributed by atoms with Gasteiger partial charge < -0.3 is 10.2 Å². The van der Waals surface area contributed by atoms with E-state index in [4.69, 9.17) is 5.21 Å². The molecule has 4 N–H and O–H groups in total. The molecule has 1 aliphatic rings. The lowest BCUT2D eigenvalue weighted by molar-refractivity contribution is -0.131. The van der Waals surface area contributed by atoms with E-state index in [1.165, 1.54) is 12.4 Å². The fraction of sp³-hybridized carbons (Fsp3) is 0.455. The Morgan fingerprint density at radius 3 is 2.59 bits per heavy atom. The number of fused-ring (bicyclic) bond motifs is 1. The van der Waals surface area contributed by atoms with Gasteiger partial charge in [0.2, 0.25) is 0 Å². The van der Waals surface area contributed by atoms with E-state index in [1.807, 2.05) is 6.07 Å². The molecule has 1 aliphatic carbocycles. The predicted molar refractivity (Wildman–Crippen MR) is 117 cm³/mol. The lowest BCUT2D eigenvalue weighted by Crippen LogP contribution is -2.49. The molecular formula is C22H25N3O6S. The van der Waals surface area contributed by atoms with Gasteiger partial charge in [-0.1, -0.05) is 11.8 Å². The minimum absolute atomic E-state index is 0.0689. The number of carbonyl (C=O) groups is 1. The van der Waals surface area contributed by atoms with Crippen LogP contribution in [0.5, 0.6) is 0 Å². The zero-order valence-corrected chi connectivity index (χ0v) is 18.6. The number of aromatic nitrogens is 2. The maximum absolute atomic E-state index is 12.1. The fourth-order valence-electron chi connectivity index (χ4n) is 3.54. The number of hydrogen-bond donors (Lipinski definition) is 4. The number of sulfone groups is 1. The van der Waals surface area contributed by atoms with Crippen molar-refractivity contribution in [3.8, 4) is 23.7 Å². The van der Waals surface area contributed by atoms with E-state index in [0.717, 1.165) is 17.2 Å². The molecule has 1 aromatic carbocycles. The average molecular weight is 460 g/mol. The smallest absolute Gasteiger partial charge is 0.264 e. The number of nitrogens with zero attached hydrogens (tertiary/aromatic N) is 2. The average Bonchev–Trinajstić information content (AvgIpc) is 3.29. The van der Waals surface area contributed by atoms with Crippen LogP contribution in [0.2, 0.25) is 0 Å². The molecule has 4 atom stereocenters. The molecule has 0 saturated heterocycles. The van der Waals surface area contributed by atoms with Crippen LogP contribution in [-0.4, -0.2) is 62.7 Å². The Hall–Kier alpha value is -2.89. The van der Waals surface area contributed by atoms with E-state index < -0.39 is 32.7 Å². The third-order valence-electron chi connectivity index (χ3n) is 5.81. The normalized spacial score (nSPS) is 22.3. The third-order valence-corrected chi connectivity index (χ3v) is 7.84. The molecule has 1 saturated carbocycles. The monoisotopic (exact) mass is 459 g/mol. The standard InChI is InChI=1S/C22H25N3O6S/c1-22(21(28)24-29,32(2,30)31)9-10-25-14-17-11-15(7-8-18(17)23-25)5-3-4-6-16-12-19(26)20(27)13-16/h7-8,11,14,16,19-20,26-27,29H,9-10,12-13H2,1-2H3,(H,24,28)/t16?,19-,20+,22-/m1/s1. The number of carbonyl (C=O) groups excluding carboxylic acids is 1. The minimum atomic E-state index is -3.78. The summed E-state index contributed by atoms with van der Waals surface area (Å²) in [4.78, 5) is 11.9. The SMILES string of the molecule is C[C@@](CCn1cc2cc(C#CC#CC3C[C@@H](O)[C@@H](O)C3)ccc2n1)(C(=O)NO)S(C)(=O)=O. The molecule has 9 nitrogen and oxygen atoms in total. The number of hydrogen-bond acceptors (Lipinski definition) is 7. The summed E-state index contributed by atoms with van der Waals surface area (Å²) in [5.41, 5.74) is 2.83. The number of benzene rings is 1. The van der Waals surface area contributed by atoms with Crippen LogP contribution in [0, 0.1) is 29.6 Å². The molecule has 0 spiro atoms. The second-order valence-corrected chi connectivity index (χ2v) is 10.6. The van der Waals surface area contributed by atoms with Crippen molar-refractivity contribution in [3.05, 3.63) is 30.0 Å². The van der Waals surface area contributed by atoms with Crippen molar-refractivity contribution in [1.29, 1.82) is 0 Å². The van der Waals surface area contributed by atoms with E-state index in [1.54, 1.807) is 23.0 Å². The molecule has 1 fully saturated rings. The fourth-order valence-corrected chi connectivity index (χ4v) is 4.38. The first-order valence-corrected chi connectivity index (χ1v) is 11.9. The molecular weight excluding hydrogens is 434 g/mol. The Balaban J connectivity index is 1.71. The molecule has 32 heavy (non-hydrogen) atoms. The van der Waals surface area contributed by atoms with Gasteiger partial charge >= 0.3 is 0 Å². The molecule has 3 rings (SSSR count). The summed E-state index contributed by atoms with van der Waals surface area (Å²) in [7, 11) is -3.78. The summed E-state index contributed by atoms with van der Waals surface area (Å²) in [6.07, 6.45) is 2.04. The Morgan fingerprint density at radius 1 is 1.28 bits per heavy atom. The highest BCUT2D eigenvalue weighted by Gasteiger charge is 2.43. The first-order valence-electron chi connectivity index (χ1n) is 10.0. The van der Waals surface area contributed by atoms with Crippen LogP contribution in [-0.2, 0) is 21.2 Å². The van der Waals surface area contributed by atoms with Crippen molar-refractivity contribution in [2.24, 2.45) is 5.92 Å². The van der Waals surface area contributed by atoms with Gasteiger partial charge in [0, 0.05) is 35.9 Å². The molecule has 1 amide bonds. The Labute approximate surface area is 186 Å². The van der Waals surface area contributed by atoms with Gasteiger partial charge in [0.1, 0.15) is 0 Å². The molecule has 1 heterocycles. The molecule has 2 aromatic rings. The maximum atomic E-state index is 12.1. The summed E-state index contributed by atoms with van der Waals surface area (Å²) in [6.45, 7) is 1.41. The van der Waals surface area contributed by atoms with Crippen molar-refractivity contribution in [2.75, 3.05) is 6.26 Å². The lowest BCUT2D eigenvalue weighted by atomic mass is 10.1. The highest BCUT2D eigenvalue weighted by Crippen LogP contribution is 2.25. The number of nitrogens with one attached hydrogen (secondary N) is 1. The molecule has 1 unspecified atom stereocenters. The van der Waals surface area contributed by atoms with E-state index in [2.05, 4.69) is 28.8 Å². The number of aliphatic hydroxyl groups excluding tert-OH is 2. The number of rotatable bonds is 5. The van der Waals surface area contributed by atoms with Crippen molar-refractivity contribution in [3.63, 3.8) is 0 Å². The summed E-state index contributed by atoms with van der Waals surface area (Å²) in [5.74, 6) is 10.4. The Morgan fingerprint density at radius 2 is 1.97 bits per heavy atom. The summed E-state index contributed by atoms with van der Waals surface area (Å²) >= 11 is 0. The predicted octanol–water partition coefficient (Wildman–Crippen LogP) is 0.222. The van der Waals surface area contributed by atoms with E-state index in [-0.39, 0.29) is 18.9 Å². The van der Waals surface area contributed by atoms with Gasteiger partial charge in [-0.25, -0.2) is 13.9 Å². The first-order chi connectivity index (χ1) is 15.0. The lowest BCUT2D eigenvalue weighted by Gasteiger charge is -2.24. The Kier molecular flexibility index (Phi) is 6.91. The van der Waals surface area contributed by atoms with Crippen molar-refractivity contribution in [2.45, 2.75) is 49.7 Å². The quantitative estimate of drug-likeness (QED) is 0.285. The summed E-state index contributed by atoms with van der Waals surface area (Å²) in [6, 6.07) is 5.40. The van der Waals surface area contributed by atoms with E-state index >= 15 is 0 Å². The number of aryl methyl sites for hydroxylation is 1. The van der Waals surface area contributed by atoms with Crippen LogP contribution in [0.3, 0.4) is 0 Å². The number of hydroxylamine groups is 1. The van der Waals surface area contributed by atoms with Gasteiger partial charge in [0.25, 0.3) is 5.91 Å². The number of amides is 1. The number of aliphatic hydroxyl groups is 2. The minimum Gasteiger partial charge on any atom is -0.390 e.